The molecule has 1 atom stereocenters. The summed E-state index contributed by atoms with van der Waals surface area (Å²) in [6, 6.07) is 23.0. The lowest BCUT2D eigenvalue weighted by Crippen LogP contribution is -2.19. The van der Waals surface area contributed by atoms with E-state index >= 15 is 0 Å². The van der Waals surface area contributed by atoms with Gasteiger partial charge in [-0.2, -0.15) is 0 Å². The Labute approximate surface area is 185 Å². The molecule has 7 rings (SSSR count). The normalized spacial score (nSPS) is 21.5. The lowest BCUT2D eigenvalue weighted by molar-refractivity contribution is 0.660. The number of rotatable bonds is 0. The first kappa shape index (κ1) is 17.3. The van der Waals surface area contributed by atoms with Gasteiger partial charge < -0.3 is 5.32 Å². The van der Waals surface area contributed by atoms with Crippen LogP contribution in [0.1, 0.15) is 37.0 Å². The molecular formula is C27H21NS2. The molecular weight excluding hydrogens is 402 g/mol. The first-order valence-corrected chi connectivity index (χ1v) is 12.2. The van der Waals surface area contributed by atoms with Crippen molar-refractivity contribution in [1.82, 2.24) is 0 Å². The molecule has 0 bridgehead atoms. The van der Waals surface area contributed by atoms with Crippen molar-refractivity contribution < 1.29 is 0 Å². The molecule has 1 nitrogen and oxygen atoms in total. The molecule has 0 saturated heterocycles. The SMILES string of the molecule is CC1(C)c2ccccc2-c2cc3c(cc21)NC1CC2=C(C=C31)Sc1ccccc1S2. The molecule has 1 unspecified atom stereocenters. The Morgan fingerprint density at radius 1 is 0.833 bits per heavy atom. The van der Waals surface area contributed by atoms with Gasteiger partial charge in [-0.25, -0.2) is 0 Å². The van der Waals surface area contributed by atoms with E-state index in [2.05, 4.69) is 85.9 Å². The standard InChI is InChI=1S/C27H21NS2/c1-27(2)19-8-4-3-7-15(19)16-11-17-18-12-25-26(14-22(18)28-21(17)13-20(16)27)30-24-10-6-5-9-23(24)29-25/h3-13,22,28H,14H2,1-2H3. The number of hydrogen-bond donors (Lipinski definition) is 1. The Bertz CT molecular complexity index is 1330. The second kappa shape index (κ2) is 5.87. The molecule has 3 aromatic carbocycles. The zero-order chi connectivity index (χ0) is 20.0. The number of nitrogens with one attached hydrogen (secondary N) is 1. The summed E-state index contributed by atoms with van der Waals surface area (Å²) < 4.78 is 0. The minimum absolute atomic E-state index is 0.0512. The molecule has 2 heterocycles. The summed E-state index contributed by atoms with van der Waals surface area (Å²) in [6.07, 6.45) is 3.53. The highest BCUT2D eigenvalue weighted by Gasteiger charge is 2.39. The van der Waals surface area contributed by atoms with Gasteiger partial charge in [0.25, 0.3) is 0 Å². The van der Waals surface area contributed by atoms with Gasteiger partial charge in [0.2, 0.25) is 0 Å². The van der Waals surface area contributed by atoms with Gasteiger partial charge >= 0.3 is 0 Å². The van der Waals surface area contributed by atoms with Crippen LogP contribution < -0.4 is 5.32 Å². The molecule has 0 fully saturated rings. The summed E-state index contributed by atoms with van der Waals surface area (Å²) in [5.41, 5.74) is 9.91. The predicted octanol–water partition coefficient (Wildman–Crippen LogP) is 7.68. The molecule has 0 aromatic heterocycles. The van der Waals surface area contributed by atoms with Gasteiger partial charge in [0, 0.05) is 42.7 Å². The number of fused-ring (bicyclic) bond motifs is 7. The molecule has 146 valence electrons. The van der Waals surface area contributed by atoms with Gasteiger partial charge in [-0.15, -0.1) is 0 Å². The van der Waals surface area contributed by atoms with Crippen LogP contribution in [0.15, 0.2) is 86.3 Å². The average molecular weight is 424 g/mol. The maximum Gasteiger partial charge on any atom is 0.0567 e. The Morgan fingerprint density at radius 2 is 1.60 bits per heavy atom. The van der Waals surface area contributed by atoms with E-state index in [0.29, 0.717) is 6.04 Å². The summed E-state index contributed by atoms with van der Waals surface area (Å²) in [4.78, 5) is 5.71. The minimum atomic E-state index is 0.0512. The van der Waals surface area contributed by atoms with Crippen LogP contribution >= 0.6 is 23.5 Å². The largest absolute Gasteiger partial charge is 0.377 e. The van der Waals surface area contributed by atoms with Crippen molar-refractivity contribution in [2.75, 3.05) is 5.32 Å². The van der Waals surface area contributed by atoms with Crippen LogP contribution in [0.4, 0.5) is 5.69 Å². The summed E-state index contributed by atoms with van der Waals surface area (Å²) in [7, 11) is 0. The Kier molecular flexibility index (Phi) is 3.39. The fourth-order valence-electron chi connectivity index (χ4n) is 5.45. The van der Waals surface area contributed by atoms with E-state index in [1.165, 1.54) is 58.7 Å². The number of hydrogen-bond acceptors (Lipinski definition) is 3. The third kappa shape index (κ3) is 2.23. The van der Waals surface area contributed by atoms with Crippen molar-refractivity contribution >= 4 is 34.8 Å². The average Bonchev–Trinajstić information content (AvgIpc) is 3.21. The second-order valence-corrected chi connectivity index (χ2v) is 11.3. The molecule has 2 aliphatic heterocycles. The van der Waals surface area contributed by atoms with Gasteiger partial charge in [0.1, 0.15) is 0 Å². The van der Waals surface area contributed by atoms with Crippen LogP contribution in [0.3, 0.4) is 0 Å². The highest BCUT2D eigenvalue weighted by atomic mass is 32.2. The zero-order valence-electron chi connectivity index (χ0n) is 17.0. The third-order valence-electron chi connectivity index (χ3n) is 6.99. The van der Waals surface area contributed by atoms with Gasteiger partial charge in [-0.3, -0.25) is 0 Å². The van der Waals surface area contributed by atoms with Crippen LogP contribution in [-0.2, 0) is 5.41 Å². The van der Waals surface area contributed by atoms with Crippen molar-refractivity contribution in [2.45, 2.75) is 41.5 Å². The first-order chi connectivity index (χ1) is 14.6. The van der Waals surface area contributed by atoms with E-state index in [-0.39, 0.29) is 5.41 Å². The Balaban J connectivity index is 1.36. The van der Waals surface area contributed by atoms with E-state index in [0.717, 1.165) is 6.42 Å². The fourth-order valence-corrected chi connectivity index (χ4v) is 7.88. The summed E-state index contributed by atoms with van der Waals surface area (Å²) in [5, 5.41) is 3.86. The molecule has 3 heteroatoms. The number of thioether (sulfide) groups is 2. The molecule has 2 aliphatic carbocycles. The Hall–Kier alpha value is -2.36. The van der Waals surface area contributed by atoms with Crippen LogP contribution in [0.5, 0.6) is 0 Å². The van der Waals surface area contributed by atoms with E-state index < -0.39 is 0 Å². The number of benzene rings is 3. The van der Waals surface area contributed by atoms with Crippen LogP contribution in [0.2, 0.25) is 0 Å². The van der Waals surface area contributed by atoms with Crippen molar-refractivity contribution in [3.8, 4) is 11.1 Å². The highest BCUT2D eigenvalue weighted by Crippen LogP contribution is 2.56. The molecule has 30 heavy (non-hydrogen) atoms. The summed E-state index contributed by atoms with van der Waals surface area (Å²) in [5.74, 6) is 0. The summed E-state index contributed by atoms with van der Waals surface area (Å²) in [6.45, 7) is 4.71. The van der Waals surface area contributed by atoms with Gasteiger partial charge in [0.15, 0.2) is 0 Å². The molecule has 4 aliphatic rings. The molecule has 0 amide bonds. The third-order valence-corrected chi connectivity index (χ3v) is 9.62. The minimum Gasteiger partial charge on any atom is -0.377 e. The number of allylic oxidation sites excluding steroid dienone is 1. The van der Waals surface area contributed by atoms with E-state index in [4.69, 9.17) is 0 Å². The predicted molar refractivity (Wildman–Crippen MR) is 129 cm³/mol. The maximum atomic E-state index is 3.86. The molecule has 0 radical (unpaired) electrons. The highest BCUT2D eigenvalue weighted by molar-refractivity contribution is 8.09. The molecule has 0 spiro atoms. The molecule has 0 saturated carbocycles. The number of anilines is 1. The van der Waals surface area contributed by atoms with Crippen molar-refractivity contribution in [1.29, 1.82) is 0 Å². The van der Waals surface area contributed by atoms with Crippen LogP contribution in [-0.4, -0.2) is 6.04 Å². The zero-order valence-corrected chi connectivity index (χ0v) is 18.6. The topological polar surface area (TPSA) is 12.0 Å². The lowest BCUT2D eigenvalue weighted by Gasteiger charge is -2.27. The quantitative estimate of drug-likeness (QED) is 0.398. The van der Waals surface area contributed by atoms with E-state index in [9.17, 15) is 0 Å². The van der Waals surface area contributed by atoms with Crippen molar-refractivity contribution in [2.24, 2.45) is 0 Å². The van der Waals surface area contributed by atoms with Crippen LogP contribution in [0.25, 0.3) is 16.7 Å². The lowest BCUT2D eigenvalue weighted by atomic mass is 9.82. The monoisotopic (exact) mass is 423 g/mol. The van der Waals surface area contributed by atoms with E-state index in [1.54, 1.807) is 0 Å². The fraction of sp³-hybridized carbons (Fsp3) is 0.185. The Morgan fingerprint density at radius 3 is 2.47 bits per heavy atom. The second-order valence-electron chi connectivity index (χ2n) is 9.05. The smallest absolute Gasteiger partial charge is 0.0567 e. The molecule has 3 aromatic rings. The summed E-state index contributed by atoms with van der Waals surface area (Å²) >= 11 is 3.89. The van der Waals surface area contributed by atoms with Crippen LogP contribution in [0, 0.1) is 0 Å². The van der Waals surface area contributed by atoms with Gasteiger partial charge in [-0.1, -0.05) is 73.8 Å². The first-order valence-electron chi connectivity index (χ1n) is 10.5. The maximum absolute atomic E-state index is 3.86. The molecule has 1 N–H and O–H groups in total. The van der Waals surface area contributed by atoms with Crippen molar-refractivity contribution in [3.63, 3.8) is 0 Å². The van der Waals surface area contributed by atoms with Gasteiger partial charge in [0.05, 0.1) is 6.04 Å². The van der Waals surface area contributed by atoms with E-state index in [1.807, 2.05) is 23.5 Å². The van der Waals surface area contributed by atoms with Gasteiger partial charge in [-0.05, 0) is 58.2 Å². The van der Waals surface area contributed by atoms with Crippen molar-refractivity contribution in [3.05, 3.63) is 93.2 Å².